The van der Waals surface area contributed by atoms with E-state index >= 15 is 0 Å². The Bertz CT molecular complexity index is 1140. The van der Waals surface area contributed by atoms with E-state index in [1.54, 1.807) is 7.11 Å². The number of halogens is 1. The van der Waals surface area contributed by atoms with E-state index in [1.165, 1.54) is 16.3 Å². The SMILES string of the molecule is COc1ccccc1N/N=C1/CC(=O)N(c2nc(-c3ccc(Cl)cc3)cs2)N=C1C. The molecule has 2 heterocycles. The van der Waals surface area contributed by atoms with Crippen LogP contribution in [0.5, 0.6) is 5.75 Å². The van der Waals surface area contributed by atoms with Crippen LogP contribution in [0.4, 0.5) is 10.8 Å². The summed E-state index contributed by atoms with van der Waals surface area (Å²) in [6.45, 7) is 1.82. The maximum absolute atomic E-state index is 12.7. The molecule has 9 heteroatoms. The van der Waals surface area contributed by atoms with E-state index < -0.39 is 0 Å². The third-order valence-corrected chi connectivity index (χ3v) is 5.52. The van der Waals surface area contributed by atoms with E-state index in [2.05, 4.69) is 20.6 Å². The van der Waals surface area contributed by atoms with Crippen LogP contribution in [-0.2, 0) is 4.79 Å². The minimum absolute atomic E-state index is 0.118. The summed E-state index contributed by atoms with van der Waals surface area (Å²) in [6.07, 6.45) is 0.118. The lowest BCUT2D eigenvalue weighted by atomic mass is 10.1. The van der Waals surface area contributed by atoms with E-state index in [-0.39, 0.29) is 12.3 Å². The molecule has 0 saturated carbocycles. The van der Waals surface area contributed by atoms with Gasteiger partial charge in [0.05, 0.1) is 36.3 Å². The second-order valence-corrected chi connectivity index (χ2v) is 7.73. The first kappa shape index (κ1) is 20.1. The number of rotatable bonds is 5. The highest BCUT2D eigenvalue weighted by Gasteiger charge is 2.27. The number of carbonyl (C=O) groups excluding carboxylic acids is 1. The molecule has 1 aromatic heterocycles. The van der Waals surface area contributed by atoms with Gasteiger partial charge >= 0.3 is 0 Å². The van der Waals surface area contributed by atoms with Gasteiger partial charge in [-0.2, -0.15) is 15.2 Å². The summed E-state index contributed by atoms with van der Waals surface area (Å²) in [5.74, 6) is 0.468. The summed E-state index contributed by atoms with van der Waals surface area (Å²) in [4.78, 5) is 17.3. The maximum atomic E-state index is 12.7. The van der Waals surface area contributed by atoms with Gasteiger partial charge in [-0.1, -0.05) is 35.9 Å². The van der Waals surface area contributed by atoms with Crippen molar-refractivity contribution in [3.8, 4) is 17.0 Å². The monoisotopic (exact) mass is 439 g/mol. The highest BCUT2D eigenvalue weighted by Crippen LogP contribution is 2.30. The van der Waals surface area contributed by atoms with Crippen molar-refractivity contribution in [2.45, 2.75) is 13.3 Å². The molecule has 0 saturated heterocycles. The molecule has 0 bridgehead atoms. The van der Waals surface area contributed by atoms with Crippen LogP contribution in [0.2, 0.25) is 5.02 Å². The highest BCUT2D eigenvalue weighted by molar-refractivity contribution is 7.14. The molecule has 1 aliphatic rings. The molecule has 3 aromatic rings. The van der Waals surface area contributed by atoms with Gasteiger partial charge in [0.1, 0.15) is 5.75 Å². The van der Waals surface area contributed by atoms with E-state index in [0.717, 1.165) is 11.3 Å². The number of benzene rings is 2. The third kappa shape index (κ3) is 4.19. The summed E-state index contributed by atoms with van der Waals surface area (Å²) in [6, 6.07) is 14.8. The Hall–Kier alpha value is -3.23. The zero-order valence-electron chi connectivity index (χ0n) is 16.3. The molecular weight excluding hydrogens is 422 g/mol. The molecule has 1 N–H and O–H groups in total. The molecule has 0 radical (unpaired) electrons. The van der Waals surface area contributed by atoms with Gasteiger partial charge in [0.15, 0.2) is 0 Å². The second kappa shape index (κ2) is 8.64. The summed E-state index contributed by atoms with van der Waals surface area (Å²) >= 11 is 7.30. The topological polar surface area (TPSA) is 79.2 Å². The molecular formula is C21H18ClN5O2S. The number of anilines is 2. The summed E-state index contributed by atoms with van der Waals surface area (Å²) in [7, 11) is 1.59. The number of hydrazone groups is 2. The van der Waals surface area contributed by atoms with E-state index in [1.807, 2.05) is 60.8 Å². The average molecular weight is 440 g/mol. The normalized spacial score (nSPS) is 15.3. The lowest BCUT2D eigenvalue weighted by Crippen LogP contribution is -2.36. The third-order valence-electron chi connectivity index (χ3n) is 4.45. The van der Waals surface area contributed by atoms with E-state index in [0.29, 0.717) is 33.0 Å². The number of hydrogen-bond donors (Lipinski definition) is 1. The number of carbonyl (C=O) groups is 1. The Morgan fingerprint density at radius 1 is 1.20 bits per heavy atom. The fraction of sp³-hybridized carbons (Fsp3) is 0.143. The molecule has 2 aromatic carbocycles. The van der Waals surface area contributed by atoms with Crippen molar-refractivity contribution in [1.29, 1.82) is 0 Å². The molecule has 1 amide bonds. The molecule has 0 aliphatic carbocycles. The molecule has 152 valence electrons. The van der Waals surface area contributed by atoms with Gasteiger partial charge in [-0.05, 0) is 31.2 Å². The van der Waals surface area contributed by atoms with Crippen molar-refractivity contribution >= 4 is 51.1 Å². The fourth-order valence-electron chi connectivity index (χ4n) is 2.86. The van der Waals surface area contributed by atoms with Crippen molar-refractivity contribution in [2.24, 2.45) is 10.2 Å². The maximum Gasteiger partial charge on any atom is 0.255 e. The largest absolute Gasteiger partial charge is 0.495 e. The number of hydrogen-bond acceptors (Lipinski definition) is 7. The van der Waals surface area contributed by atoms with Gasteiger partial charge in [-0.3, -0.25) is 10.2 Å². The van der Waals surface area contributed by atoms with Gasteiger partial charge < -0.3 is 4.74 Å². The van der Waals surface area contributed by atoms with Gasteiger partial charge in [0, 0.05) is 16.0 Å². The Labute approximate surface area is 182 Å². The molecule has 7 nitrogen and oxygen atoms in total. The van der Waals surface area contributed by atoms with Crippen LogP contribution < -0.4 is 15.2 Å². The first-order valence-electron chi connectivity index (χ1n) is 9.11. The minimum Gasteiger partial charge on any atom is -0.495 e. The Balaban J connectivity index is 1.54. The predicted molar refractivity (Wildman–Crippen MR) is 122 cm³/mol. The number of para-hydroxylation sites is 2. The number of thiazole rings is 1. The second-order valence-electron chi connectivity index (χ2n) is 6.46. The standard InChI is InChI=1S/C21H18ClN5O2S/c1-13-17(25-24-16-5-3-4-6-19(16)29-2)11-20(28)27(26-13)21-23-18(12-30-21)14-7-9-15(22)10-8-14/h3-10,12,24H,11H2,1-2H3/b25-17-. The van der Waals surface area contributed by atoms with Crippen molar-refractivity contribution < 1.29 is 9.53 Å². The number of amides is 1. The lowest BCUT2D eigenvalue weighted by molar-refractivity contribution is -0.117. The number of nitrogens with zero attached hydrogens (tertiary/aromatic N) is 4. The molecule has 0 spiro atoms. The minimum atomic E-state index is -0.196. The molecule has 0 unspecified atom stereocenters. The summed E-state index contributed by atoms with van der Waals surface area (Å²) < 4.78 is 5.30. The zero-order valence-corrected chi connectivity index (χ0v) is 17.9. The lowest BCUT2D eigenvalue weighted by Gasteiger charge is -2.21. The molecule has 1 aliphatic heterocycles. The van der Waals surface area contributed by atoms with Crippen molar-refractivity contribution in [3.05, 3.63) is 58.9 Å². The van der Waals surface area contributed by atoms with Crippen LogP contribution >= 0.6 is 22.9 Å². The Morgan fingerprint density at radius 3 is 2.73 bits per heavy atom. The molecule has 0 fully saturated rings. The van der Waals surface area contributed by atoms with Crippen molar-refractivity contribution in [3.63, 3.8) is 0 Å². The highest BCUT2D eigenvalue weighted by atomic mass is 35.5. The number of ether oxygens (including phenoxy) is 1. The summed E-state index contributed by atoms with van der Waals surface area (Å²) in [5.41, 5.74) is 6.57. The van der Waals surface area contributed by atoms with Crippen LogP contribution in [0.15, 0.2) is 64.1 Å². The van der Waals surface area contributed by atoms with Gasteiger partial charge in [0.2, 0.25) is 5.13 Å². The average Bonchev–Trinajstić information content (AvgIpc) is 3.24. The molecule has 4 rings (SSSR count). The quantitative estimate of drug-likeness (QED) is 0.564. The van der Waals surface area contributed by atoms with Crippen molar-refractivity contribution in [1.82, 2.24) is 4.98 Å². The zero-order chi connectivity index (χ0) is 21.1. The number of nitrogens with one attached hydrogen (secondary N) is 1. The Kier molecular flexibility index (Phi) is 5.78. The fourth-order valence-corrected chi connectivity index (χ4v) is 3.78. The first-order valence-corrected chi connectivity index (χ1v) is 10.4. The predicted octanol–water partition coefficient (Wildman–Crippen LogP) is 5.05. The van der Waals surface area contributed by atoms with Crippen LogP contribution in [0.3, 0.4) is 0 Å². The molecule has 30 heavy (non-hydrogen) atoms. The van der Waals surface area contributed by atoms with Crippen molar-refractivity contribution in [2.75, 3.05) is 17.5 Å². The van der Waals surface area contributed by atoms with Crippen LogP contribution in [-0.4, -0.2) is 29.4 Å². The number of methoxy groups -OCH3 is 1. The molecule has 0 atom stereocenters. The van der Waals surface area contributed by atoms with Gasteiger partial charge in [-0.25, -0.2) is 4.98 Å². The summed E-state index contributed by atoms with van der Waals surface area (Å²) in [5, 5.41) is 13.2. The first-order chi connectivity index (χ1) is 14.5. The van der Waals surface area contributed by atoms with Crippen LogP contribution in [0, 0.1) is 0 Å². The van der Waals surface area contributed by atoms with Gasteiger partial charge in [0.25, 0.3) is 5.91 Å². The number of aromatic nitrogens is 1. The van der Waals surface area contributed by atoms with Crippen LogP contribution in [0.1, 0.15) is 13.3 Å². The van der Waals surface area contributed by atoms with Gasteiger partial charge in [-0.15, -0.1) is 11.3 Å². The van der Waals surface area contributed by atoms with E-state index in [4.69, 9.17) is 16.3 Å². The van der Waals surface area contributed by atoms with E-state index in [9.17, 15) is 4.79 Å². The Morgan fingerprint density at radius 2 is 1.97 bits per heavy atom. The van der Waals surface area contributed by atoms with Crippen LogP contribution in [0.25, 0.3) is 11.3 Å². The smallest absolute Gasteiger partial charge is 0.255 e.